The zero-order chi connectivity index (χ0) is 14.3. The number of nitrogens with one attached hydrogen (secondary N) is 1. The summed E-state index contributed by atoms with van der Waals surface area (Å²) in [5.41, 5.74) is 1.29. The summed E-state index contributed by atoms with van der Waals surface area (Å²) in [5, 5.41) is 3.48. The van der Waals surface area contributed by atoms with Crippen molar-refractivity contribution in [2.24, 2.45) is 0 Å². The molecule has 1 atom stereocenters. The molecular formula is C14H26N2O2S. The highest BCUT2D eigenvalue weighted by atomic mass is 32.2. The second-order valence-corrected chi connectivity index (χ2v) is 7.32. The molecule has 19 heavy (non-hydrogen) atoms. The minimum atomic E-state index is -2.85. The van der Waals surface area contributed by atoms with Gasteiger partial charge in [-0.15, -0.1) is 0 Å². The first-order valence-corrected chi connectivity index (χ1v) is 9.09. The van der Waals surface area contributed by atoms with Gasteiger partial charge in [0.1, 0.15) is 9.84 Å². The lowest BCUT2D eigenvalue weighted by atomic mass is 10.1. The highest BCUT2D eigenvalue weighted by Crippen LogP contribution is 2.18. The van der Waals surface area contributed by atoms with E-state index in [-0.39, 0.29) is 5.75 Å². The normalized spacial score (nSPS) is 13.6. The monoisotopic (exact) mass is 286 g/mol. The molecule has 0 aromatic carbocycles. The average molecular weight is 286 g/mol. The Morgan fingerprint density at radius 3 is 2.68 bits per heavy atom. The lowest BCUT2D eigenvalue weighted by molar-refractivity contribution is 0.508. The Labute approximate surface area is 117 Å². The van der Waals surface area contributed by atoms with Gasteiger partial charge >= 0.3 is 0 Å². The second kappa shape index (κ2) is 7.70. The van der Waals surface area contributed by atoms with Gasteiger partial charge in [-0.05, 0) is 31.0 Å². The molecule has 1 N–H and O–H groups in total. The van der Waals surface area contributed by atoms with E-state index in [4.69, 9.17) is 0 Å². The molecule has 1 aromatic rings. The lowest BCUT2D eigenvalue weighted by Gasteiger charge is -2.15. The summed E-state index contributed by atoms with van der Waals surface area (Å²) < 4.78 is 24.3. The van der Waals surface area contributed by atoms with E-state index in [1.807, 2.05) is 6.20 Å². The number of sulfone groups is 1. The second-order valence-electron chi connectivity index (χ2n) is 5.07. The van der Waals surface area contributed by atoms with Gasteiger partial charge in [0.15, 0.2) is 0 Å². The molecular weight excluding hydrogens is 260 g/mol. The van der Waals surface area contributed by atoms with Crippen LogP contribution in [-0.4, -0.2) is 31.5 Å². The summed E-state index contributed by atoms with van der Waals surface area (Å²) in [6.45, 7) is 6.03. The molecule has 0 aliphatic rings. The molecule has 1 heterocycles. The molecule has 0 fully saturated rings. The third-order valence-electron chi connectivity index (χ3n) is 3.14. The van der Waals surface area contributed by atoms with Gasteiger partial charge in [-0.25, -0.2) is 8.42 Å². The van der Waals surface area contributed by atoms with Gasteiger partial charge in [-0.2, -0.15) is 0 Å². The molecule has 0 aliphatic heterocycles. The quantitative estimate of drug-likeness (QED) is 0.758. The van der Waals surface area contributed by atoms with Crippen LogP contribution in [0.5, 0.6) is 0 Å². The zero-order valence-corrected chi connectivity index (χ0v) is 13.0. The van der Waals surface area contributed by atoms with E-state index in [1.54, 1.807) is 0 Å². The Hall–Kier alpha value is -0.810. The average Bonchev–Trinajstić information content (AvgIpc) is 2.76. The summed E-state index contributed by atoms with van der Waals surface area (Å²) in [4.78, 5) is 0. The number of rotatable bonds is 9. The van der Waals surface area contributed by atoms with E-state index in [2.05, 4.69) is 36.0 Å². The van der Waals surface area contributed by atoms with Crippen molar-refractivity contribution in [3.8, 4) is 0 Å². The van der Waals surface area contributed by atoms with E-state index in [0.29, 0.717) is 12.5 Å². The molecule has 0 spiro atoms. The summed E-state index contributed by atoms with van der Waals surface area (Å²) in [5.74, 6) is 0.256. The highest BCUT2D eigenvalue weighted by Gasteiger charge is 2.10. The molecule has 1 unspecified atom stereocenters. The van der Waals surface area contributed by atoms with Crippen LogP contribution in [-0.2, 0) is 16.4 Å². The fourth-order valence-electron chi connectivity index (χ4n) is 2.24. The standard InChI is InChI=1S/C14H26N2O2S/c1-4-7-14(15-5-2)13-8-10-16(12-13)9-6-11-19(3,17)18/h8,10,12,14-15H,4-7,9,11H2,1-3H3. The number of aromatic nitrogens is 1. The SMILES string of the molecule is CCCC(NCC)c1ccn(CCCS(C)(=O)=O)c1. The molecule has 4 nitrogen and oxygen atoms in total. The van der Waals surface area contributed by atoms with Crippen molar-refractivity contribution in [1.82, 2.24) is 9.88 Å². The van der Waals surface area contributed by atoms with Crippen LogP contribution < -0.4 is 5.32 Å². The van der Waals surface area contributed by atoms with Crippen molar-refractivity contribution in [3.05, 3.63) is 24.0 Å². The Bertz CT molecular complexity index is 460. The van der Waals surface area contributed by atoms with Crippen molar-refractivity contribution < 1.29 is 8.42 Å². The molecule has 1 rings (SSSR count). The van der Waals surface area contributed by atoms with Crippen LogP contribution in [0, 0.1) is 0 Å². The maximum atomic E-state index is 11.1. The Kier molecular flexibility index (Phi) is 6.58. The fourth-order valence-corrected chi connectivity index (χ4v) is 2.89. The molecule has 0 amide bonds. The van der Waals surface area contributed by atoms with Crippen LogP contribution in [0.4, 0.5) is 0 Å². The van der Waals surface area contributed by atoms with Gasteiger partial charge in [-0.3, -0.25) is 0 Å². The predicted molar refractivity (Wildman–Crippen MR) is 80.1 cm³/mol. The molecule has 0 aliphatic carbocycles. The number of nitrogens with zero attached hydrogens (tertiary/aromatic N) is 1. The minimum Gasteiger partial charge on any atom is -0.354 e. The third-order valence-corrected chi connectivity index (χ3v) is 4.17. The van der Waals surface area contributed by atoms with Crippen LogP contribution in [0.25, 0.3) is 0 Å². The maximum Gasteiger partial charge on any atom is 0.147 e. The number of aryl methyl sites for hydroxylation is 1. The topological polar surface area (TPSA) is 51.1 Å². The maximum absolute atomic E-state index is 11.1. The van der Waals surface area contributed by atoms with Crippen molar-refractivity contribution in [2.75, 3.05) is 18.6 Å². The summed E-state index contributed by atoms with van der Waals surface area (Å²) >= 11 is 0. The van der Waals surface area contributed by atoms with Gasteiger partial charge in [0.2, 0.25) is 0 Å². The Morgan fingerprint density at radius 2 is 2.11 bits per heavy atom. The molecule has 0 saturated carbocycles. The van der Waals surface area contributed by atoms with Crippen molar-refractivity contribution in [2.45, 2.75) is 45.7 Å². The Morgan fingerprint density at radius 1 is 1.37 bits per heavy atom. The largest absolute Gasteiger partial charge is 0.354 e. The third kappa shape index (κ3) is 6.25. The highest BCUT2D eigenvalue weighted by molar-refractivity contribution is 7.90. The van der Waals surface area contributed by atoms with Crippen LogP contribution in [0.15, 0.2) is 18.5 Å². The summed E-state index contributed by atoms with van der Waals surface area (Å²) in [6.07, 6.45) is 8.41. The molecule has 0 saturated heterocycles. The molecule has 0 radical (unpaired) electrons. The number of hydrogen-bond donors (Lipinski definition) is 1. The first kappa shape index (κ1) is 16.2. The van der Waals surface area contributed by atoms with Crippen LogP contribution in [0.1, 0.15) is 44.7 Å². The van der Waals surface area contributed by atoms with Gasteiger partial charge in [0.25, 0.3) is 0 Å². The van der Waals surface area contributed by atoms with Crippen molar-refractivity contribution in [3.63, 3.8) is 0 Å². The fraction of sp³-hybridized carbons (Fsp3) is 0.714. The van der Waals surface area contributed by atoms with Gasteiger partial charge in [-0.1, -0.05) is 20.3 Å². The van der Waals surface area contributed by atoms with Gasteiger partial charge < -0.3 is 9.88 Å². The van der Waals surface area contributed by atoms with E-state index < -0.39 is 9.84 Å². The molecule has 0 bridgehead atoms. The predicted octanol–water partition coefficient (Wildman–Crippen LogP) is 2.37. The van der Waals surface area contributed by atoms with Crippen LogP contribution in [0.3, 0.4) is 0 Å². The molecule has 1 aromatic heterocycles. The van der Waals surface area contributed by atoms with Gasteiger partial charge in [0.05, 0.1) is 5.75 Å². The number of hydrogen-bond acceptors (Lipinski definition) is 3. The van der Waals surface area contributed by atoms with E-state index >= 15 is 0 Å². The Balaban J connectivity index is 2.55. The van der Waals surface area contributed by atoms with Crippen LogP contribution in [0.2, 0.25) is 0 Å². The summed E-state index contributed by atoms with van der Waals surface area (Å²) in [6, 6.07) is 2.54. The van der Waals surface area contributed by atoms with Crippen LogP contribution >= 0.6 is 0 Å². The first-order valence-electron chi connectivity index (χ1n) is 7.03. The van der Waals surface area contributed by atoms with Crippen molar-refractivity contribution in [1.29, 1.82) is 0 Å². The van der Waals surface area contributed by atoms with E-state index in [1.165, 1.54) is 11.8 Å². The van der Waals surface area contributed by atoms with E-state index in [9.17, 15) is 8.42 Å². The van der Waals surface area contributed by atoms with E-state index in [0.717, 1.165) is 25.9 Å². The smallest absolute Gasteiger partial charge is 0.147 e. The van der Waals surface area contributed by atoms with Gasteiger partial charge in [0, 0.05) is 31.2 Å². The minimum absolute atomic E-state index is 0.256. The first-order chi connectivity index (χ1) is 8.96. The lowest BCUT2D eigenvalue weighted by Crippen LogP contribution is -2.20. The molecule has 5 heteroatoms. The summed E-state index contributed by atoms with van der Waals surface area (Å²) in [7, 11) is -2.85. The zero-order valence-electron chi connectivity index (χ0n) is 12.2. The van der Waals surface area contributed by atoms with Crippen molar-refractivity contribution >= 4 is 9.84 Å². The molecule has 110 valence electrons.